The number of rotatable bonds is 8. The lowest BCUT2D eigenvalue weighted by Gasteiger charge is -2.08. The predicted octanol–water partition coefficient (Wildman–Crippen LogP) is 3.90. The van der Waals surface area contributed by atoms with Crippen LogP contribution in [0.5, 0.6) is 0 Å². The summed E-state index contributed by atoms with van der Waals surface area (Å²) >= 11 is 12.1. The van der Waals surface area contributed by atoms with Crippen molar-refractivity contribution in [3.8, 4) is 0 Å². The minimum absolute atomic E-state index is 0.615. The van der Waals surface area contributed by atoms with E-state index in [2.05, 4.69) is 5.32 Å². The van der Waals surface area contributed by atoms with Gasteiger partial charge in [0.25, 0.3) is 0 Å². The van der Waals surface area contributed by atoms with Gasteiger partial charge in [0.05, 0.1) is 10.0 Å². The molecule has 18 heavy (non-hydrogen) atoms. The third kappa shape index (κ3) is 4.77. The van der Waals surface area contributed by atoms with Crippen LogP contribution in [0, 0.1) is 5.92 Å². The summed E-state index contributed by atoms with van der Waals surface area (Å²) in [7, 11) is 0. The summed E-state index contributed by atoms with van der Waals surface area (Å²) in [5.74, 6) is 0.850. The molecule has 4 heteroatoms. The Morgan fingerprint density at radius 1 is 1.28 bits per heavy atom. The minimum Gasteiger partial charge on any atom is -0.381 e. The first-order valence-electron chi connectivity index (χ1n) is 6.48. The summed E-state index contributed by atoms with van der Waals surface area (Å²) in [6.07, 6.45) is 3.74. The molecule has 0 aromatic heterocycles. The van der Waals surface area contributed by atoms with Crippen molar-refractivity contribution in [2.24, 2.45) is 5.92 Å². The highest BCUT2D eigenvalue weighted by atomic mass is 35.5. The molecule has 0 spiro atoms. The molecule has 0 bridgehead atoms. The Kier molecular flexibility index (Phi) is 5.77. The Balaban J connectivity index is 1.55. The zero-order valence-corrected chi connectivity index (χ0v) is 11.9. The van der Waals surface area contributed by atoms with Gasteiger partial charge >= 0.3 is 0 Å². The van der Waals surface area contributed by atoms with Crippen LogP contribution in [-0.4, -0.2) is 19.8 Å². The van der Waals surface area contributed by atoms with E-state index >= 15 is 0 Å². The fourth-order valence-corrected chi connectivity index (χ4v) is 2.13. The fourth-order valence-electron chi connectivity index (χ4n) is 1.74. The fraction of sp³-hybridized carbons (Fsp3) is 0.571. The van der Waals surface area contributed by atoms with Gasteiger partial charge in [-0.2, -0.15) is 0 Å². The van der Waals surface area contributed by atoms with Gasteiger partial charge in [0.2, 0.25) is 0 Å². The smallest absolute Gasteiger partial charge is 0.0637 e. The van der Waals surface area contributed by atoms with Crippen molar-refractivity contribution in [1.29, 1.82) is 0 Å². The van der Waals surface area contributed by atoms with E-state index in [1.54, 1.807) is 6.07 Å². The van der Waals surface area contributed by atoms with Crippen LogP contribution in [0.1, 0.15) is 24.8 Å². The van der Waals surface area contributed by atoms with Gasteiger partial charge in [0.15, 0.2) is 0 Å². The molecular formula is C14H19Cl2NO. The summed E-state index contributed by atoms with van der Waals surface area (Å²) in [4.78, 5) is 0. The van der Waals surface area contributed by atoms with Crippen molar-refractivity contribution in [2.45, 2.75) is 25.8 Å². The van der Waals surface area contributed by atoms with E-state index in [0.717, 1.165) is 44.2 Å². The van der Waals surface area contributed by atoms with E-state index in [0.29, 0.717) is 10.0 Å². The molecule has 2 nitrogen and oxygen atoms in total. The topological polar surface area (TPSA) is 21.3 Å². The molecule has 100 valence electrons. The highest BCUT2D eigenvalue weighted by Crippen LogP contribution is 2.28. The lowest BCUT2D eigenvalue weighted by molar-refractivity contribution is 0.122. The van der Waals surface area contributed by atoms with Crippen LogP contribution in [0.15, 0.2) is 18.2 Å². The van der Waals surface area contributed by atoms with Gasteiger partial charge in [0, 0.05) is 19.8 Å². The van der Waals surface area contributed by atoms with E-state index < -0.39 is 0 Å². The number of nitrogens with one attached hydrogen (secondary N) is 1. The van der Waals surface area contributed by atoms with Gasteiger partial charge < -0.3 is 10.1 Å². The molecule has 0 amide bonds. The first-order valence-corrected chi connectivity index (χ1v) is 7.24. The summed E-state index contributed by atoms with van der Waals surface area (Å²) in [6, 6.07) is 5.72. The van der Waals surface area contributed by atoms with Crippen molar-refractivity contribution in [2.75, 3.05) is 19.8 Å². The SMILES string of the molecule is Clc1cccc(CNCCCOCC2CC2)c1Cl. The Morgan fingerprint density at radius 2 is 2.11 bits per heavy atom. The standard InChI is InChI=1S/C14H19Cl2NO/c15-13-4-1-3-12(14(13)16)9-17-7-2-8-18-10-11-5-6-11/h1,3-4,11,17H,2,5-10H2. The third-order valence-electron chi connectivity index (χ3n) is 3.04. The molecule has 1 aliphatic rings. The average molecular weight is 288 g/mol. The van der Waals surface area contributed by atoms with Crippen LogP contribution in [0.3, 0.4) is 0 Å². The van der Waals surface area contributed by atoms with Gasteiger partial charge in [-0.1, -0.05) is 35.3 Å². The molecule has 1 aliphatic carbocycles. The number of benzene rings is 1. The molecule has 0 heterocycles. The Bertz CT molecular complexity index is 380. The zero-order valence-electron chi connectivity index (χ0n) is 10.4. The quantitative estimate of drug-likeness (QED) is 0.732. The Morgan fingerprint density at radius 3 is 2.89 bits per heavy atom. The summed E-state index contributed by atoms with van der Waals surface area (Å²) in [5, 5.41) is 4.61. The predicted molar refractivity (Wildman–Crippen MR) is 76.3 cm³/mol. The molecule has 2 rings (SSSR count). The molecular weight excluding hydrogens is 269 g/mol. The second-order valence-corrected chi connectivity index (χ2v) is 5.55. The normalized spacial score (nSPS) is 15.0. The molecule has 1 N–H and O–H groups in total. The van der Waals surface area contributed by atoms with E-state index in [9.17, 15) is 0 Å². The first-order chi connectivity index (χ1) is 8.77. The minimum atomic E-state index is 0.615. The van der Waals surface area contributed by atoms with Crippen LogP contribution in [0.2, 0.25) is 10.0 Å². The molecule has 0 aliphatic heterocycles. The molecule has 1 aromatic carbocycles. The molecule has 0 radical (unpaired) electrons. The molecule has 1 saturated carbocycles. The maximum atomic E-state index is 6.10. The largest absolute Gasteiger partial charge is 0.381 e. The number of hydrogen-bond donors (Lipinski definition) is 1. The van der Waals surface area contributed by atoms with Gasteiger partial charge in [-0.15, -0.1) is 0 Å². The zero-order chi connectivity index (χ0) is 12.8. The molecule has 0 unspecified atom stereocenters. The number of hydrogen-bond acceptors (Lipinski definition) is 2. The third-order valence-corrected chi connectivity index (χ3v) is 3.90. The van der Waals surface area contributed by atoms with Crippen LogP contribution in [0.4, 0.5) is 0 Å². The first kappa shape index (κ1) is 14.1. The molecule has 0 atom stereocenters. The lowest BCUT2D eigenvalue weighted by atomic mass is 10.2. The molecule has 1 fully saturated rings. The van der Waals surface area contributed by atoms with Crippen LogP contribution < -0.4 is 5.32 Å². The second kappa shape index (κ2) is 7.34. The van der Waals surface area contributed by atoms with Crippen molar-refractivity contribution in [1.82, 2.24) is 5.32 Å². The van der Waals surface area contributed by atoms with E-state index in [1.807, 2.05) is 12.1 Å². The van der Waals surface area contributed by atoms with Crippen LogP contribution >= 0.6 is 23.2 Å². The number of halogens is 2. The van der Waals surface area contributed by atoms with E-state index in [1.165, 1.54) is 12.8 Å². The van der Waals surface area contributed by atoms with Crippen LogP contribution in [0.25, 0.3) is 0 Å². The molecule has 0 saturated heterocycles. The molecule has 1 aromatic rings. The summed E-state index contributed by atoms with van der Waals surface area (Å²) in [6.45, 7) is 3.47. The van der Waals surface area contributed by atoms with Crippen molar-refractivity contribution < 1.29 is 4.74 Å². The van der Waals surface area contributed by atoms with Gasteiger partial charge in [0.1, 0.15) is 0 Å². The highest BCUT2D eigenvalue weighted by molar-refractivity contribution is 6.42. The highest BCUT2D eigenvalue weighted by Gasteiger charge is 2.20. The monoisotopic (exact) mass is 287 g/mol. The lowest BCUT2D eigenvalue weighted by Crippen LogP contribution is -2.16. The maximum Gasteiger partial charge on any atom is 0.0637 e. The van der Waals surface area contributed by atoms with Gasteiger partial charge in [-0.3, -0.25) is 0 Å². The maximum absolute atomic E-state index is 6.10. The van der Waals surface area contributed by atoms with Gasteiger partial charge in [-0.25, -0.2) is 0 Å². The van der Waals surface area contributed by atoms with Crippen molar-refractivity contribution in [3.05, 3.63) is 33.8 Å². The van der Waals surface area contributed by atoms with Gasteiger partial charge in [-0.05, 0) is 43.4 Å². The van der Waals surface area contributed by atoms with Crippen LogP contribution in [-0.2, 0) is 11.3 Å². The van der Waals surface area contributed by atoms with E-state index in [4.69, 9.17) is 27.9 Å². The summed E-state index contributed by atoms with van der Waals surface area (Å²) in [5.41, 5.74) is 1.04. The Hall–Kier alpha value is -0.280. The Labute approximate surface area is 119 Å². The summed E-state index contributed by atoms with van der Waals surface area (Å²) < 4.78 is 5.57. The average Bonchev–Trinajstić information content (AvgIpc) is 3.17. The second-order valence-electron chi connectivity index (χ2n) is 4.76. The van der Waals surface area contributed by atoms with Crippen molar-refractivity contribution >= 4 is 23.2 Å². The van der Waals surface area contributed by atoms with Crippen molar-refractivity contribution in [3.63, 3.8) is 0 Å². The van der Waals surface area contributed by atoms with E-state index in [-0.39, 0.29) is 0 Å². The number of ether oxygens (including phenoxy) is 1.